The van der Waals surface area contributed by atoms with Crippen molar-refractivity contribution in [3.8, 4) is 0 Å². The Kier molecular flexibility index (Phi) is 4.01. The van der Waals surface area contributed by atoms with E-state index in [0.717, 1.165) is 12.2 Å². The Bertz CT molecular complexity index is 807. The molecule has 0 saturated carbocycles. The lowest BCUT2D eigenvalue weighted by molar-refractivity contribution is 0.248. The molecule has 0 aromatic carbocycles. The van der Waals surface area contributed by atoms with Crippen molar-refractivity contribution in [1.82, 2.24) is 28.6 Å². The molecule has 1 aliphatic heterocycles. The first-order valence-electron chi connectivity index (χ1n) is 7.67. The molecule has 3 rings (SSSR count). The molecule has 23 heavy (non-hydrogen) atoms. The van der Waals surface area contributed by atoms with Crippen LogP contribution in [0.1, 0.15) is 38.0 Å². The molecule has 0 unspecified atom stereocenters. The van der Waals surface area contributed by atoms with Gasteiger partial charge in [-0.25, -0.2) is 13.4 Å². The van der Waals surface area contributed by atoms with Gasteiger partial charge in [0.05, 0.1) is 18.9 Å². The van der Waals surface area contributed by atoms with Crippen LogP contribution in [0.2, 0.25) is 0 Å². The van der Waals surface area contributed by atoms with Gasteiger partial charge in [0.15, 0.2) is 5.03 Å². The number of rotatable bonds is 4. The van der Waals surface area contributed by atoms with Crippen LogP contribution < -0.4 is 0 Å². The standard InChI is InChI=1S/C14H22N6O2S/c1-10(2)5-12-6-19(7-13-17-16-11(3)20(12)13)23(21,22)14-8-18(4)9-15-14/h8-10,12H,5-7H2,1-4H3/t12-/m0/s1. The zero-order chi connectivity index (χ0) is 16.8. The zero-order valence-electron chi connectivity index (χ0n) is 13.8. The van der Waals surface area contributed by atoms with E-state index in [-0.39, 0.29) is 17.6 Å². The highest BCUT2D eigenvalue weighted by atomic mass is 32.2. The normalized spacial score (nSPS) is 19.3. The number of aryl methyl sites for hydroxylation is 2. The molecule has 0 radical (unpaired) electrons. The summed E-state index contributed by atoms with van der Waals surface area (Å²) in [5, 5.41) is 8.36. The lowest BCUT2D eigenvalue weighted by Gasteiger charge is -2.33. The fourth-order valence-electron chi connectivity index (χ4n) is 3.10. The van der Waals surface area contributed by atoms with Crippen LogP contribution in [0, 0.1) is 12.8 Å². The average molecular weight is 338 g/mol. The number of fused-ring (bicyclic) bond motifs is 1. The molecular formula is C14H22N6O2S. The van der Waals surface area contributed by atoms with Gasteiger partial charge in [0.25, 0.3) is 10.0 Å². The first-order valence-corrected chi connectivity index (χ1v) is 9.11. The summed E-state index contributed by atoms with van der Waals surface area (Å²) in [6, 6.07) is 0.0484. The van der Waals surface area contributed by atoms with Crippen molar-refractivity contribution < 1.29 is 8.42 Å². The fraction of sp³-hybridized carbons (Fsp3) is 0.643. The predicted octanol–water partition coefficient (Wildman–Crippen LogP) is 1.11. The van der Waals surface area contributed by atoms with Crippen LogP contribution in [0.15, 0.2) is 17.6 Å². The van der Waals surface area contributed by atoms with Crippen molar-refractivity contribution >= 4 is 10.0 Å². The number of hydrogen-bond donors (Lipinski definition) is 0. The first kappa shape index (κ1) is 16.1. The summed E-state index contributed by atoms with van der Waals surface area (Å²) in [4.78, 5) is 4.00. The van der Waals surface area contributed by atoms with Crippen LogP contribution in [0.5, 0.6) is 0 Å². The molecule has 0 aliphatic carbocycles. The molecule has 0 bridgehead atoms. The number of nitrogens with zero attached hydrogens (tertiary/aromatic N) is 6. The zero-order valence-corrected chi connectivity index (χ0v) is 14.7. The molecular weight excluding hydrogens is 316 g/mol. The van der Waals surface area contributed by atoms with Crippen LogP contribution in [0.25, 0.3) is 0 Å². The molecule has 0 amide bonds. The summed E-state index contributed by atoms with van der Waals surface area (Å²) >= 11 is 0. The van der Waals surface area contributed by atoms with Gasteiger partial charge in [0, 0.05) is 19.8 Å². The third kappa shape index (κ3) is 2.90. The molecule has 8 nitrogen and oxygen atoms in total. The molecule has 0 fully saturated rings. The summed E-state index contributed by atoms with van der Waals surface area (Å²) < 4.78 is 30.9. The van der Waals surface area contributed by atoms with Gasteiger partial charge in [0.2, 0.25) is 0 Å². The summed E-state index contributed by atoms with van der Waals surface area (Å²) in [5.41, 5.74) is 0. The van der Waals surface area contributed by atoms with Crippen molar-refractivity contribution in [3.63, 3.8) is 0 Å². The van der Waals surface area contributed by atoms with Crippen molar-refractivity contribution in [2.45, 2.75) is 44.8 Å². The third-order valence-electron chi connectivity index (χ3n) is 4.06. The third-order valence-corrected chi connectivity index (χ3v) is 5.76. The number of aromatic nitrogens is 5. The van der Waals surface area contributed by atoms with E-state index in [1.807, 2.05) is 6.92 Å². The maximum atomic E-state index is 12.8. The molecule has 0 saturated heterocycles. The minimum atomic E-state index is -3.62. The second kappa shape index (κ2) is 5.72. The Hall–Kier alpha value is -1.74. The molecule has 0 N–H and O–H groups in total. The van der Waals surface area contributed by atoms with Gasteiger partial charge < -0.3 is 9.13 Å². The Morgan fingerprint density at radius 3 is 2.70 bits per heavy atom. The van der Waals surface area contributed by atoms with E-state index in [1.165, 1.54) is 16.8 Å². The van der Waals surface area contributed by atoms with E-state index in [1.54, 1.807) is 11.6 Å². The van der Waals surface area contributed by atoms with Gasteiger partial charge in [-0.2, -0.15) is 4.31 Å². The van der Waals surface area contributed by atoms with Gasteiger partial charge in [-0.1, -0.05) is 13.8 Å². The topological polar surface area (TPSA) is 85.9 Å². The van der Waals surface area contributed by atoms with Gasteiger partial charge >= 0.3 is 0 Å². The largest absolute Gasteiger partial charge is 0.339 e. The van der Waals surface area contributed by atoms with Crippen LogP contribution in [0.3, 0.4) is 0 Å². The average Bonchev–Trinajstić information content (AvgIpc) is 3.05. The van der Waals surface area contributed by atoms with E-state index in [4.69, 9.17) is 0 Å². The lowest BCUT2D eigenvalue weighted by atomic mass is 10.0. The molecule has 1 aliphatic rings. The molecule has 9 heteroatoms. The highest BCUT2D eigenvalue weighted by Crippen LogP contribution is 2.30. The van der Waals surface area contributed by atoms with E-state index in [0.29, 0.717) is 18.3 Å². The van der Waals surface area contributed by atoms with Crippen LogP contribution in [-0.2, 0) is 23.6 Å². The van der Waals surface area contributed by atoms with Crippen LogP contribution >= 0.6 is 0 Å². The molecule has 126 valence electrons. The number of hydrogen-bond acceptors (Lipinski definition) is 5. The first-order chi connectivity index (χ1) is 10.8. The molecule has 0 spiro atoms. The Balaban J connectivity index is 1.97. The maximum Gasteiger partial charge on any atom is 0.262 e. The van der Waals surface area contributed by atoms with Gasteiger partial charge in [-0.15, -0.1) is 10.2 Å². The van der Waals surface area contributed by atoms with Gasteiger partial charge in [-0.3, -0.25) is 0 Å². The van der Waals surface area contributed by atoms with E-state index in [9.17, 15) is 8.42 Å². The molecule has 2 aromatic rings. The quantitative estimate of drug-likeness (QED) is 0.833. The number of sulfonamides is 1. The fourth-order valence-corrected chi connectivity index (χ4v) is 4.49. The monoisotopic (exact) mass is 338 g/mol. The lowest BCUT2D eigenvalue weighted by Crippen LogP contribution is -2.42. The SMILES string of the molecule is Cc1nnc2n1[C@@H](CC(C)C)CN(S(=O)(=O)c1cn(C)cn1)C2. The minimum Gasteiger partial charge on any atom is -0.339 e. The smallest absolute Gasteiger partial charge is 0.262 e. The Morgan fingerprint density at radius 1 is 1.35 bits per heavy atom. The highest BCUT2D eigenvalue weighted by Gasteiger charge is 2.36. The summed E-state index contributed by atoms with van der Waals surface area (Å²) in [7, 11) is -1.87. The van der Waals surface area contributed by atoms with E-state index < -0.39 is 10.0 Å². The second-order valence-electron chi connectivity index (χ2n) is 6.49. The van der Waals surface area contributed by atoms with Crippen molar-refractivity contribution in [1.29, 1.82) is 0 Å². The van der Waals surface area contributed by atoms with Crippen LogP contribution in [-0.4, -0.2) is 43.6 Å². The Morgan fingerprint density at radius 2 is 2.09 bits per heavy atom. The summed E-state index contributed by atoms with van der Waals surface area (Å²) in [6.45, 7) is 6.82. The van der Waals surface area contributed by atoms with Crippen molar-refractivity contribution in [2.75, 3.05) is 6.54 Å². The van der Waals surface area contributed by atoms with Gasteiger partial charge in [0.1, 0.15) is 11.6 Å². The van der Waals surface area contributed by atoms with E-state index in [2.05, 4.69) is 33.6 Å². The van der Waals surface area contributed by atoms with Gasteiger partial charge in [-0.05, 0) is 19.3 Å². The molecule has 2 aromatic heterocycles. The van der Waals surface area contributed by atoms with Crippen LogP contribution in [0.4, 0.5) is 0 Å². The van der Waals surface area contributed by atoms with Crippen molar-refractivity contribution in [3.05, 3.63) is 24.2 Å². The predicted molar refractivity (Wildman–Crippen MR) is 84.1 cm³/mol. The molecule has 3 heterocycles. The minimum absolute atomic E-state index is 0.0484. The summed E-state index contributed by atoms with van der Waals surface area (Å²) in [6.07, 6.45) is 3.90. The highest BCUT2D eigenvalue weighted by molar-refractivity contribution is 7.89. The Labute approximate surface area is 136 Å². The van der Waals surface area contributed by atoms with E-state index >= 15 is 0 Å². The maximum absolute atomic E-state index is 12.8. The molecule has 1 atom stereocenters. The number of imidazole rings is 1. The summed E-state index contributed by atoms with van der Waals surface area (Å²) in [5.74, 6) is 1.98. The van der Waals surface area contributed by atoms with Crippen molar-refractivity contribution in [2.24, 2.45) is 13.0 Å². The second-order valence-corrected chi connectivity index (χ2v) is 8.38.